The summed E-state index contributed by atoms with van der Waals surface area (Å²) in [6.07, 6.45) is 0.703. The SMILES string of the molecule is CC(C)c1ccc(CC2SC(=Nc3ccc(Cl)cc3)NC2=O)cc1. The number of nitrogens with zero attached hydrogens (tertiary/aromatic N) is 1. The van der Waals surface area contributed by atoms with Gasteiger partial charge in [0.25, 0.3) is 0 Å². The summed E-state index contributed by atoms with van der Waals surface area (Å²) in [4.78, 5) is 16.6. The van der Waals surface area contributed by atoms with E-state index in [1.54, 1.807) is 12.1 Å². The number of halogens is 1. The maximum absolute atomic E-state index is 12.2. The summed E-state index contributed by atoms with van der Waals surface area (Å²) >= 11 is 7.35. The third kappa shape index (κ3) is 4.19. The van der Waals surface area contributed by atoms with Crippen LogP contribution >= 0.6 is 23.4 Å². The lowest BCUT2D eigenvalue weighted by Crippen LogP contribution is -2.25. The van der Waals surface area contributed by atoms with Crippen LogP contribution < -0.4 is 5.32 Å². The van der Waals surface area contributed by atoms with Gasteiger partial charge in [-0.1, -0.05) is 61.5 Å². The minimum atomic E-state index is -0.138. The van der Waals surface area contributed by atoms with Crippen LogP contribution in [0.3, 0.4) is 0 Å². The predicted molar refractivity (Wildman–Crippen MR) is 102 cm³/mol. The number of hydrogen-bond acceptors (Lipinski definition) is 3. The molecule has 24 heavy (non-hydrogen) atoms. The van der Waals surface area contributed by atoms with Crippen molar-refractivity contribution in [1.29, 1.82) is 0 Å². The van der Waals surface area contributed by atoms with Crippen molar-refractivity contribution >= 4 is 40.1 Å². The van der Waals surface area contributed by atoms with E-state index in [2.05, 4.69) is 48.4 Å². The van der Waals surface area contributed by atoms with Crippen LogP contribution in [0.2, 0.25) is 5.02 Å². The first-order valence-electron chi connectivity index (χ1n) is 7.92. The molecule has 0 aromatic heterocycles. The largest absolute Gasteiger partial charge is 0.304 e. The monoisotopic (exact) mass is 358 g/mol. The second-order valence-electron chi connectivity index (χ2n) is 6.09. The fourth-order valence-electron chi connectivity index (χ4n) is 2.48. The van der Waals surface area contributed by atoms with Gasteiger partial charge in [-0.2, -0.15) is 0 Å². The molecule has 3 nitrogen and oxygen atoms in total. The van der Waals surface area contributed by atoms with Crippen LogP contribution in [0.15, 0.2) is 53.5 Å². The Kier molecular flexibility index (Phi) is 5.27. The van der Waals surface area contributed by atoms with Crippen LogP contribution in [0.25, 0.3) is 0 Å². The van der Waals surface area contributed by atoms with Crippen molar-refractivity contribution in [2.45, 2.75) is 31.4 Å². The van der Waals surface area contributed by atoms with E-state index in [-0.39, 0.29) is 11.2 Å². The smallest absolute Gasteiger partial charge is 0.239 e. The summed E-state index contributed by atoms with van der Waals surface area (Å²) < 4.78 is 0. The number of carbonyl (C=O) groups is 1. The highest BCUT2D eigenvalue weighted by Crippen LogP contribution is 2.26. The molecule has 1 fully saturated rings. The van der Waals surface area contributed by atoms with Gasteiger partial charge >= 0.3 is 0 Å². The first kappa shape index (κ1) is 17.1. The van der Waals surface area contributed by atoms with Gasteiger partial charge in [-0.3, -0.25) is 4.79 Å². The van der Waals surface area contributed by atoms with E-state index in [1.165, 1.54) is 22.9 Å². The molecule has 1 amide bonds. The number of rotatable bonds is 4. The summed E-state index contributed by atoms with van der Waals surface area (Å²) in [6, 6.07) is 15.7. The van der Waals surface area contributed by atoms with Crippen molar-refractivity contribution in [2.75, 3.05) is 0 Å². The number of thioether (sulfide) groups is 1. The molecule has 5 heteroatoms. The average molecular weight is 359 g/mol. The minimum absolute atomic E-state index is 0.0145. The standard InChI is InChI=1S/C19H19ClN2OS/c1-12(2)14-5-3-13(4-6-14)11-17-18(23)22-19(24-17)21-16-9-7-15(20)8-10-16/h3-10,12,17H,11H2,1-2H3,(H,21,22,23). The van der Waals surface area contributed by atoms with Crippen molar-refractivity contribution < 1.29 is 4.79 Å². The second-order valence-corrected chi connectivity index (χ2v) is 7.72. The summed E-state index contributed by atoms with van der Waals surface area (Å²) in [5, 5.41) is 4.04. The molecule has 1 heterocycles. The molecule has 0 bridgehead atoms. The summed E-state index contributed by atoms with van der Waals surface area (Å²) in [5.74, 6) is 0.530. The maximum Gasteiger partial charge on any atom is 0.239 e. The lowest BCUT2D eigenvalue weighted by Gasteiger charge is -2.08. The number of amides is 1. The molecule has 0 aliphatic carbocycles. The fourth-order valence-corrected chi connectivity index (χ4v) is 3.63. The van der Waals surface area contributed by atoms with E-state index in [9.17, 15) is 4.79 Å². The number of amidine groups is 1. The molecule has 1 atom stereocenters. The minimum Gasteiger partial charge on any atom is -0.304 e. The molecule has 0 radical (unpaired) electrons. The van der Waals surface area contributed by atoms with E-state index in [4.69, 9.17) is 11.6 Å². The van der Waals surface area contributed by atoms with Crippen molar-refractivity contribution in [2.24, 2.45) is 4.99 Å². The van der Waals surface area contributed by atoms with E-state index in [0.29, 0.717) is 22.5 Å². The van der Waals surface area contributed by atoms with Crippen molar-refractivity contribution in [1.82, 2.24) is 5.32 Å². The van der Waals surface area contributed by atoms with Crippen LogP contribution in [0.5, 0.6) is 0 Å². The molecule has 0 spiro atoms. The Morgan fingerprint density at radius 3 is 2.42 bits per heavy atom. The second kappa shape index (κ2) is 7.41. The zero-order valence-corrected chi connectivity index (χ0v) is 15.2. The van der Waals surface area contributed by atoms with Gasteiger partial charge in [0.15, 0.2) is 5.17 Å². The average Bonchev–Trinajstić information content (AvgIpc) is 2.89. The zero-order chi connectivity index (χ0) is 17.1. The molecule has 2 aromatic rings. The Balaban J connectivity index is 1.67. The van der Waals surface area contributed by atoms with Crippen LogP contribution in [0.4, 0.5) is 5.69 Å². The quantitative estimate of drug-likeness (QED) is 0.842. The Labute approximate surface area is 151 Å². The lowest BCUT2D eigenvalue weighted by molar-refractivity contribution is -0.118. The van der Waals surface area contributed by atoms with Gasteiger partial charge < -0.3 is 5.32 Å². The fraction of sp³-hybridized carbons (Fsp3) is 0.263. The predicted octanol–water partition coefficient (Wildman–Crippen LogP) is 4.93. The third-order valence-corrected chi connectivity index (χ3v) is 5.24. The van der Waals surface area contributed by atoms with Gasteiger partial charge in [0.1, 0.15) is 0 Å². The number of hydrogen-bond donors (Lipinski definition) is 1. The molecule has 1 aliphatic rings. The van der Waals surface area contributed by atoms with Gasteiger partial charge in [-0.05, 0) is 47.7 Å². The maximum atomic E-state index is 12.2. The highest BCUT2D eigenvalue weighted by atomic mass is 35.5. The number of aliphatic imine (C=N–C) groups is 1. The van der Waals surface area contributed by atoms with Crippen LogP contribution in [-0.2, 0) is 11.2 Å². The van der Waals surface area contributed by atoms with Crippen molar-refractivity contribution in [3.05, 3.63) is 64.7 Å². The first-order chi connectivity index (χ1) is 11.5. The van der Waals surface area contributed by atoms with E-state index < -0.39 is 0 Å². The summed E-state index contributed by atoms with van der Waals surface area (Å²) in [5.41, 5.74) is 3.26. The molecule has 1 N–H and O–H groups in total. The third-order valence-electron chi connectivity index (χ3n) is 3.90. The Bertz CT molecular complexity index is 754. The topological polar surface area (TPSA) is 41.5 Å². The number of nitrogens with one attached hydrogen (secondary N) is 1. The zero-order valence-electron chi connectivity index (χ0n) is 13.6. The molecule has 1 aliphatic heterocycles. The van der Waals surface area contributed by atoms with Gasteiger partial charge in [-0.25, -0.2) is 4.99 Å². The van der Waals surface area contributed by atoms with Crippen LogP contribution in [-0.4, -0.2) is 16.3 Å². The van der Waals surface area contributed by atoms with Crippen LogP contribution in [0, 0.1) is 0 Å². The van der Waals surface area contributed by atoms with Gasteiger partial charge in [0.05, 0.1) is 10.9 Å². The molecular formula is C19H19ClN2OS. The van der Waals surface area contributed by atoms with E-state index in [1.807, 2.05) is 12.1 Å². The number of benzene rings is 2. The normalized spacial score (nSPS) is 19.1. The molecule has 1 unspecified atom stereocenters. The summed E-state index contributed by atoms with van der Waals surface area (Å²) in [7, 11) is 0. The van der Waals surface area contributed by atoms with Gasteiger partial charge in [0.2, 0.25) is 5.91 Å². The van der Waals surface area contributed by atoms with Gasteiger partial charge in [0, 0.05) is 5.02 Å². The molecule has 2 aromatic carbocycles. The molecular weight excluding hydrogens is 340 g/mol. The van der Waals surface area contributed by atoms with E-state index in [0.717, 1.165) is 5.69 Å². The highest BCUT2D eigenvalue weighted by molar-refractivity contribution is 8.15. The van der Waals surface area contributed by atoms with Crippen molar-refractivity contribution in [3.8, 4) is 0 Å². The lowest BCUT2D eigenvalue weighted by atomic mass is 10.0. The molecule has 3 rings (SSSR count). The Morgan fingerprint density at radius 1 is 1.12 bits per heavy atom. The molecule has 0 saturated carbocycles. The van der Waals surface area contributed by atoms with E-state index >= 15 is 0 Å². The molecule has 124 valence electrons. The summed E-state index contributed by atoms with van der Waals surface area (Å²) in [6.45, 7) is 4.35. The van der Waals surface area contributed by atoms with Crippen LogP contribution in [0.1, 0.15) is 30.9 Å². The number of carbonyl (C=O) groups excluding carboxylic acids is 1. The van der Waals surface area contributed by atoms with Gasteiger partial charge in [-0.15, -0.1) is 0 Å². The first-order valence-corrected chi connectivity index (χ1v) is 9.17. The molecule has 1 saturated heterocycles. The Morgan fingerprint density at radius 2 is 1.79 bits per heavy atom. The highest BCUT2D eigenvalue weighted by Gasteiger charge is 2.30. The van der Waals surface area contributed by atoms with Crippen molar-refractivity contribution in [3.63, 3.8) is 0 Å². The Hall–Kier alpha value is -1.78.